The van der Waals surface area contributed by atoms with E-state index < -0.39 is 9.84 Å². The molecule has 0 saturated heterocycles. The van der Waals surface area contributed by atoms with Gasteiger partial charge in [-0.05, 0) is 31.8 Å². The number of hydrogen-bond acceptors (Lipinski definition) is 4. The van der Waals surface area contributed by atoms with Crippen molar-refractivity contribution >= 4 is 9.84 Å². The van der Waals surface area contributed by atoms with Gasteiger partial charge in [0.1, 0.15) is 0 Å². The van der Waals surface area contributed by atoms with Gasteiger partial charge in [0.05, 0.1) is 11.1 Å². The average molecular weight is 228 g/mol. The van der Waals surface area contributed by atoms with Crippen LogP contribution in [0.2, 0.25) is 0 Å². The molecule has 15 heavy (non-hydrogen) atoms. The third kappa shape index (κ3) is 3.02. The van der Waals surface area contributed by atoms with Crippen LogP contribution >= 0.6 is 0 Å². The van der Waals surface area contributed by atoms with Crippen molar-refractivity contribution < 1.29 is 8.42 Å². The Bertz CT molecular complexity index is 423. The van der Waals surface area contributed by atoms with Gasteiger partial charge in [0.15, 0.2) is 9.84 Å². The Kier molecular flexibility index (Phi) is 3.49. The van der Waals surface area contributed by atoms with Gasteiger partial charge in [0.25, 0.3) is 0 Å². The minimum atomic E-state index is -3.12. The van der Waals surface area contributed by atoms with Crippen molar-refractivity contribution in [2.75, 3.05) is 20.4 Å². The fraction of sp³-hybridized carbons (Fsp3) is 0.400. The molecular weight excluding hydrogens is 212 g/mol. The Balaban J connectivity index is 3.01. The van der Waals surface area contributed by atoms with Crippen molar-refractivity contribution in [3.8, 4) is 0 Å². The van der Waals surface area contributed by atoms with E-state index in [-0.39, 0.29) is 6.17 Å². The summed E-state index contributed by atoms with van der Waals surface area (Å²) >= 11 is 0. The van der Waals surface area contributed by atoms with Crippen molar-refractivity contribution in [2.24, 2.45) is 5.73 Å². The number of hydrogen-bond donors (Lipinski definition) is 1. The summed E-state index contributed by atoms with van der Waals surface area (Å²) in [5.41, 5.74) is 6.77. The first-order chi connectivity index (χ1) is 6.82. The molecule has 0 aliphatic rings. The molecule has 1 atom stereocenters. The van der Waals surface area contributed by atoms with Crippen LogP contribution in [0, 0.1) is 0 Å². The molecule has 1 unspecified atom stereocenters. The van der Waals surface area contributed by atoms with E-state index >= 15 is 0 Å². The number of sulfone groups is 1. The zero-order valence-electron chi connectivity index (χ0n) is 9.14. The Morgan fingerprint density at radius 2 is 1.67 bits per heavy atom. The van der Waals surface area contributed by atoms with Crippen LogP contribution in [0.4, 0.5) is 0 Å². The Morgan fingerprint density at radius 3 is 2.00 bits per heavy atom. The summed E-state index contributed by atoms with van der Waals surface area (Å²) < 4.78 is 22.4. The first-order valence-electron chi connectivity index (χ1n) is 4.54. The van der Waals surface area contributed by atoms with Crippen LogP contribution in [0.3, 0.4) is 0 Å². The predicted molar refractivity (Wildman–Crippen MR) is 60.2 cm³/mol. The van der Waals surface area contributed by atoms with Crippen molar-refractivity contribution in [1.29, 1.82) is 0 Å². The fourth-order valence-corrected chi connectivity index (χ4v) is 1.84. The predicted octanol–water partition coefficient (Wildman–Crippen LogP) is 0.609. The topological polar surface area (TPSA) is 63.4 Å². The smallest absolute Gasteiger partial charge is 0.175 e. The first-order valence-corrected chi connectivity index (χ1v) is 6.43. The molecule has 0 bridgehead atoms. The average Bonchev–Trinajstić information content (AvgIpc) is 2.15. The Hall–Kier alpha value is -0.910. The van der Waals surface area contributed by atoms with E-state index in [1.54, 1.807) is 24.3 Å². The van der Waals surface area contributed by atoms with Gasteiger partial charge in [-0.3, -0.25) is 4.90 Å². The standard InChI is InChI=1S/C10H16N2O2S/c1-12(2)10(11)8-4-6-9(7-5-8)15(3,13)14/h4-7,10H,11H2,1-3H3. The maximum atomic E-state index is 11.2. The van der Waals surface area contributed by atoms with Gasteiger partial charge in [-0.25, -0.2) is 8.42 Å². The summed E-state index contributed by atoms with van der Waals surface area (Å²) in [5.74, 6) is 0. The number of rotatable bonds is 3. The van der Waals surface area contributed by atoms with Crippen LogP contribution in [0.25, 0.3) is 0 Å². The van der Waals surface area contributed by atoms with E-state index in [2.05, 4.69) is 0 Å². The SMILES string of the molecule is CN(C)C(N)c1ccc(S(C)(=O)=O)cc1. The van der Waals surface area contributed by atoms with Crippen LogP contribution in [0.5, 0.6) is 0 Å². The summed E-state index contributed by atoms with van der Waals surface area (Å²) in [6, 6.07) is 6.63. The summed E-state index contributed by atoms with van der Waals surface area (Å²) in [5, 5.41) is 0. The van der Waals surface area contributed by atoms with Gasteiger partial charge in [0, 0.05) is 6.26 Å². The highest BCUT2D eigenvalue weighted by Crippen LogP contribution is 2.15. The molecule has 0 aliphatic carbocycles. The molecule has 1 rings (SSSR count). The van der Waals surface area contributed by atoms with Crippen LogP contribution in [-0.4, -0.2) is 33.7 Å². The van der Waals surface area contributed by atoms with Gasteiger partial charge < -0.3 is 5.73 Å². The summed E-state index contributed by atoms with van der Waals surface area (Å²) in [7, 11) is 0.620. The van der Waals surface area contributed by atoms with Crippen molar-refractivity contribution in [3.05, 3.63) is 29.8 Å². The molecule has 4 nitrogen and oxygen atoms in total. The largest absolute Gasteiger partial charge is 0.312 e. The Morgan fingerprint density at radius 1 is 1.20 bits per heavy atom. The van der Waals surface area contributed by atoms with Crippen LogP contribution in [0.15, 0.2) is 29.2 Å². The highest BCUT2D eigenvalue weighted by atomic mass is 32.2. The summed E-state index contributed by atoms with van der Waals surface area (Å²) in [6.07, 6.45) is 0.979. The molecule has 0 fully saturated rings. The number of nitrogens with two attached hydrogens (primary N) is 1. The third-order valence-corrected chi connectivity index (χ3v) is 3.33. The maximum Gasteiger partial charge on any atom is 0.175 e. The monoisotopic (exact) mass is 228 g/mol. The lowest BCUT2D eigenvalue weighted by Gasteiger charge is -2.19. The minimum absolute atomic E-state index is 0.210. The molecule has 0 aliphatic heterocycles. The fourth-order valence-electron chi connectivity index (χ4n) is 1.21. The van der Waals surface area contributed by atoms with Gasteiger partial charge in [-0.2, -0.15) is 0 Å². The van der Waals surface area contributed by atoms with Crippen LogP contribution in [0.1, 0.15) is 11.7 Å². The molecule has 0 aromatic heterocycles. The lowest BCUT2D eigenvalue weighted by atomic mass is 10.2. The zero-order chi connectivity index (χ0) is 11.6. The van der Waals surface area contributed by atoms with Gasteiger partial charge in [0.2, 0.25) is 0 Å². The molecule has 1 aromatic rings. The molecule has 0 amide bonds. The van der Waals surface area contributed by atoms with Crippen molar-refractivity contribution in [3.63, 3.8) is 0 Å². The van der Waals surface area contributed by atoms with E-state index in [9.17, 15) is 8.42 Å². The molecule has 5 heteroatoms. The lowest BCUT2D eigenvalue weighted by molar-refractivity contribution is 0.307. The third-order valence-electron chi connectivity index (χ3n) is 2.21. The summed E-state index contributed by atoms with van der Waals surface area (Å²) in [4.78, 5) is 2.17. The number of nitrogens with zero attached hydrogens (tertiary/aromatic N) is 1. The van der Waals surface area contributed by atoms with E-state index in [0.717, 1.165) is 5.56 Å². The normalized spacial score (nSPS) is 14.2. The summed E-state index contributed by atoms with van der Waals surface area (Å²) in [6.45, 7) is 0. The van der Waals surface area contributed by atoms with E-state index in [0.29, 0.717) is 4.90 Å². The van der Waals surface area contributed by atoms with Crippen molar-refractivity contribution in [2.45, 2.75) is 11.1 Å². The first kappa shape index (κ1) is 12.2. The van der Waals surface area contributed by atoms with Crippen LogP contribution < -0.4 is 5.73 Å². The van der Waals surface area contributed by atoms with E-state index in [1.807, 2.05) is 19.0 Å². The second kappa shape index (κ2) is 4.30. The minimum Gasteiger partial charge on any atom is -0.312 e. The molecule has 1 aromatic carbocycles. The molecule has 0 radical (unpaired) electrons. The second-order valence-corrected chi connectivity index (χ2v) is 5.77. The van der Waals surface area contributed by atoms with E-state index in [1.165, 1.54) is 6.26 Å². The van der Waals surface area contributed by atoms with Crippen molar-refractivity contribution in [1.82, 2.24) is 4.90 Å². The molecule has 2 N–H and O–H groups in total. The molecule has 0 spiro atoms. The zero-order valence-corrected chi connectivity index (χ0v) is 9.95. The van der Waals surface area contributed by atoms with Gasteiger partial charge in [-0.15, -0.1) is 0 Å². The highest BCUT2D eigenvalue weighted by Gasteiger charge is 2.10. The highest BCUT2D eigenvalue weighted by molar-refractivity contribution is 7.90. The van der Waals surface area contributed by atoms with Crippen LogP contribution in [-0.2, 0) is 9.84 Å². The van der Waals surface area contributed by atoms with Gasteiger partial charge >= 0.3 is 0 Å². The molecule has 0 saturated carbocycles. The number of benzene rings is 1. The quantitative estimate of drug-likeness (QED) is 0.770. The van der Waals surface area contributed by atoms with E-state index in [4.69, 9.17) is 5.73 Å². The lowest BCUT2D eigenvalue weighted by Crippen LogP contribution is -2.27. The Labute approximate surface area is 90.6 Å². The van der Waals surface area contributed by atoms with Gasteiger partial charge in [-0.1, -0.05) is 12.1 Å². The molecular formula is C10H16N2O2S. The second-order valence-electron chi connectivity index (χ2n) is 3.75. The maximum absolute atomic E-state index is 11.2. The molecule has 84 valence electrons. The molecule has 0 heterocycles.